The fraction of sp³-hybridized carbons (Fsp3) is 0.174. The molecule has 0 saturated carbocycles. The van der Waals surface area contributed by atoms with Crippen LogP contribution < -0.4 is 15.0 Å². The minimum absolute atomic E-state index is 0.00135. The average Bonchev–Trinajstić information content (AvgIpc) is 3.21. The molecule has 35 heavy (non-hydrogen) atoms. The molecule has 3 heterocycles. The standard InChI is InChI=1S/C23H17F3N6O3/c1-31-11-14-9-13(3-8-17(14)30-31)19-21(33)32(15-4-6-16(34-2)7-5-15)20-18(28-19)10-27-22(29-20)35-12-23(24,25)26/h3-11H,12H2,1-2H3. The van der Waals surface area contributed by atoms with E-state index in [1.807, 2.05) is 6.20 Å². The number of nitrogens with zero attached hydrogens (tertiary/aromatic N) is 6. The molecule has 0 spiro atoms. The molecule has 2 aromatic carbocycles. The minimum Gasteiger partial charge on any atom is -0.497 e. The Hall–Kier alpha value is -4.48. The van der Waals surface area contributed by atoms with Gasteiger partial charge in [0.05, 0.1) is 24.5 Å². The number of fused-ring (bicyclic) bond motifs is 2. The van der Waals surface area contributed by atoms with Gasteiger partial charge in [0.25, 0.3) is 5.56 Å². The summed E-state index contributed by atoms with van der Waals surface area (Å²) >= 11 is 0. The maximum absolute atomic E-state index is 13.7. The van der Waals surface area contributed by atoms with Gasteiger partial charge in [-0.15, -0.1) is 0 Å². The van der Waals surface area contributed by atoms with Crippen LogP contribution in [-0.2, 0) is 7.05 Å². The number of methoxy groups -OCH3 is 1. The largest absolute Gasteiger partial charge is 0.497 e. The van der Waals surface area contributed by atoms with Crippen molar-refractivity contribution in [2.45, 2.75) is 6.18 Å². The van der Waals surface area contributed by atoms with Crippen molar-refractivity contribution in [2.75, 3.05) is 13.7 Å². The highest BCUT2D eigenvalue weighted by Gasteiger charge is 2.29. The van der Waals surface area contributed by atoms with Gasteiger partial charge in [-0.2, -0.15) is 23.3 Å². The van der Waals surface area contributed by atoms with Gasteiger partial charge in [-0.25, -0.2) is 9.97 Å². The molecule has 0 N–H and O–H groups in total. The maximum Gasteiger partial charge on any atom is 0.422 e. The van der Waals surface area contributed by atoms with Crippen molar-refractivity contribution in [3.63, 3.8) is 0 Å². The molecule has 0 bridgehead atoms. The van der Waals surface area contributed by atoms with Crippen LogP contribution in [0.3, 0.4) is 0 Å². The van der Waals surface area contributed by atoms with E-state index in [1.165, 1.54) is 17.9 Å². The van der Waals surface area contributed by atoms with Crippen LogP contribution in [0.5, 0.6) is 11.8 Å². The molecule has 0 fully saturated rings. The first-order chi connectivity index (χ1) is 16.7. The second kappa shape index (κ2) is 8.38. The molecule has 5 aromatic rings. The van der Waals surface area contributed by atoms with Gasteiger partial charge in [-0.05, 0) is 36.4 Å². The van der Waals surface area contributed by atoms with Crippen LogP contribution in [0.2, 0.25) is 0 Å². The Labute approximate surface area is 195 Å². The van der Waals surface area contributed by atoms with E-state index < -0.39 is 24.4 Å². The summed E-state index contributed by atoms with van der Waals surface area (Å²) < 4.78 is 50.7. The number of alkyl halides is 3. The molecule has 5 rings (SSSR count). The van der Waals surface area contributed by atoms with Crippen LogP contribution in [-0.4, -0.2) is 49.2 Å². The Kier molecular flexibility index (Phi) is 5.35. The fourth-order valence-corrected chi connectivity index (χ4v) is 3.64. The van der Waals surface area contributed by atoms with Crippen molar-refractivity contribution in [3.8, 4) is 28.7 Å². The third kappa shape index (κ3) is 4.37. The monoisotopic (exact) mass is 482 g/mol. The molecule has 12 heteroatoms. The van der Waals surface area contributed by atoms with E-state index in [0.29, 0.717) is 17.0 Å². The highest BCUT2D eigenvalue weighted by Crippen LogP contribution is 2.25. The van der Waals surface area contributed by atoms with E-state index >= 15 is 0 Å². The van der Waals surface area contributed by atoms with Crippen molar-refractivity contribution in [3.05, 3.63) is 65.2 Å². The molecule has 0 aliphatic heterocycles. The van der Waals surface area contributed by atoms with Crippen LogP contribution in [0.25, 0.3) is 39.0 Å². The second-order valence-electron chi connectivity index (χ2n) is 7.64. The first-order valence-corrected chi connectivity index (χ1v) is 10.3. The minimum atomic E-state index is -4.57. The first kappa shape index (κ1) is 22.3. The predicted octanol–water partition coefficient (Wildman–Crippen LogP) is 3.68. The highest BCUT2D eigenvalue weighted by atomic mass is 19.4. The molecule has 0 amide bonds. The van der Waals surface area contributed by atoms with E-state index in [4.69, 9.17) is 9.47 Å². The zero-order valence-electron chi connectivity index (χ0n) is 18.4. The summed E-state index contributed by atoms with van der Waals surface area (Å²) in [6, 6.07) is 11.3. The predicted molar refractivity (Wildman–Crippen MR) is 121 cm³/mol. The van der Waals surface area contributed by atoms with Gasteiger partial charge in [-0.3, -0.25) is 14.0 Å². The van der Waals surface area contributed by atoms with Crippen molar-refractivity contribution < 1.29 is 22.6 Å². The summed E-state index contributed by atoms with van der Waals surface area (Å²) in [7, 11) is 3.30. The van der Waals surface area contributed by atoms with Gasteiger partial charge in [0.15, 0.2) is 12.3 Å². The van der Waals surface area contributed by atoms with E-state index in [0.717, 1.165) is 10.9 Å². The average molecular weight is 482 g/mol. The Bertz CT molecular complexity index is 1610. The summed E-state index contributed by atoms with van der Waals surface area (Å²) in [5.41, 5.74) is 1.49. The zero-order chi connectivity index (χ0) is 24.7. The first-order valence-electron chi connectivity index (χ1n) is 10.3. The Morgan fingerprint density at radius 2 is 1.80 bits per heavy atom. The summed E-state index contributed by atoms with van der Waals surface area (Å²) in [4.78, 5) is 26.0. The Morgan fingerprint density at radius 3 is 2.51 bits per heavy atom. The van der Waals surface area contributed by atoms with Gasteiger partial charge in [-0.1, -0.05) is 6.07 Å². The molecule has 0 radical (unpaired) electrons. The number of aromatic nitrogens is 6. The van der Waals surface area contributed by atoms with Crippen LogP contribution in [0.15, 0.2) is 59.7 Å². The van der Waals surface area contributed by atoms with E-state index in [1.54, 1.807) is 54.2 Å². The number of halogens is 3. The molecular formula is C23H17F3N6O3. The molecule has 178 valence electrons. The summed E-state index contributed by atoms with van der Waals surface area (Å²) in [5.74, 6) is 0.561. The Balaban J connectivity index is 1.72. The Morgan fingerprint density at radius 1 is 1.03 bits per heavy atom. The molecule has 0 unspecified atom stereocenters. The smallest absolute Gasteiger partial charge is 0.422 e. The lowest BCUT2D eigenvalue weighted by molar-refractivity contribution is -0.154. The summed E-state index contributed by atoms with van der Waals surface area (Å²) in [6.07, 6.45) is -1.53. The summed E-state index contributed by atoms with van der Waals surface area (Å²) in [6.45, 7) is -1.57. The van der Waals surface area contributed by atoms with Crippen LogP contribution in [0, 0.1) is 0 Å². The van der Waals surface area contributed by atoms with Crippen molar-refractivity contribution in [1.29, 1.82) is 0 Å². The summed E-state index contributed by atoms with van der Waals surface area (Å²) in [5, 5.41) is 5.15. The molecular weight excluding hydrogens is 465 g/mol. The van der Waals surface area contributed by atoms with Gasteiger partial charge in [0.2, 0.25) is 0 Å². The molecule has 0 saturated heterocycles. The lowest BCUT2D eigenvalue weighted by Crippen LogP contribution is -2.24. The second-order valence-corrected chi connectivity index (χ2v) is 7.64. The quantitative estimate of drug-likeness (QED) is 0.377. The third-order valence-electron chi connectivity index (χ3n) is 5.17. The van der Waals surface area contributed by atoms with Crippen LogP contribution in [0.4, 0.5) is 13.2 Å². The highest BCUT2D eigenvalue weighted by molar-refractivity contribution is 5.84. The van der Waals surface area contributed by atoms with Crippen LogP contribution in [0.1, 0.15) is 0 Å². The van der Waals surface area contributed by atoms with Crippen molar-refractivity contribution >= 4 is 22.1 Å². The molecule has 0 atom stereocenters. The topological polar surface area (TPSA) is 97.0 Å². The van der Waals surface area contributed by atoms with Crippen molar-refractivity contribution in [2.24, 2.45) is 7.05 Å². The molecule has 9 nitrogen and oxygen atoms in total. The molecule has 3 aromatic heterocycles. The number of hydrogen-bond acceptors (Lipinski definition) is 7. The lowest BCUT2D eigenvalue weighted by atomic mass is 10.1. The lowest BCUT2D eigenvalue weighted by Gasteiger charge is -2.13. The number of ether oxygens (including phenoxy) is 2. The van der Waals surface area contributed by atoms with Gasteiger partial charge in [0, 0.05) is 24.2 Å². The number of aryl methyl sites for hydroxylation is 1. The van der Waals surface area contributed by atoms with Crippen LogP contribution >= 0.6 is 0 Å². The molecule has 0 aliphatic carbocycles. The number of hydrogen-bond donors (Lipinski definition) is 0. The van der Waals surface area contributed by atoms with Gasteiger partial charge in [0.1, 0.15) is 17.0 Å². The maximum atomic E-state index is 13.7. The normalized spacial score (nSPS) is 11.8. The van der Waals surface area contributed by atoms with Gasteiger partial charge < -0.3 is 9.47 Å². The van der Waals surface area contributed by atoms with Crippen molar-refractivity contribution in [1.82, 2.24) is 29.3 Å². The number of rotatable bonds is 5. The van der Waals surface area contributed by atoms with E-state index in [9.17, 15) is 18.0 Å². The number of benzene rings is 2. The SMILES string of the molecule is COc1ccc(-n2c(=O)c(-c3ccc4nn(C)cc4c3)nc3cnc(OCC(F)(F)F)nc32)cc1. The third-order valence-corrected chi connectivity index (χ3v) is 5.17. The van der Waals surface area contributed by atoms with E-state index in [-0.39, 0.29) is 16.9 Å². The van der Waals surface area contributed by atoms with Gasteiger partial charge >= 0.3 is 12.2 Å². The fourth-order valence-electron chi connectivity index (χ4n) is 3.64. The zero-order valence-corrected chi connectivity index (χ0v) is 18.4. The van der Waals surface area contributed by atoms with E-state index in [2.05, 4.69) is 20.1 Å². The molecule has 0 aliphatic rings.